The van der Waals surface area contributed by atoms with Crippen molar-refractivity contribution in [1.82, 2.24) is 0 Å². The largest absolute Gasteiger partial charge is 0.399 e. The van der Waals surface area contributed by atoms with Crippen molar-refractivity contribution in [2.75, 3.05) is 22.1 Å². The fraction of sp³-hybridized carbons (Fsp3) is 0. The number of amides is 1. The molecule has 3 aromatic carbocycles. The number of carbonyl (C=O) groups excluding carboxylic acids is 1. The predicted octanol–water partition coefficient (Wildman–Crippen LogP) is 3.85. The Morgan fingerprint density at radius 2 is 1.04 bits per heavy atom. The summed E-state index contributed by atoms with van der Waals surface area (Å²) in [6.07, 6.45) is 0. The van der Waals surface area contributed by atoms with Crippen LogP contribution < -0.4 is 22.1 Å². The number of anilines is 5. The van der Waals surface area contributed by atoms with Crippen LogP contribution in [0.25, 0.3) is 0 Å². The number of nitrogens with two attached hydrogens (primary N) is 2. The lowest BCUT2D eigenvalue weighted by atomic mass is 10.2. The van der Waals surface area contributed by atoms with Crippen LogP contribution in [0.4, 0.5) is 28.4 Å². The molecular weight excluding hydrogens is 300 g/mol. The van der Waals surface area contributed by atoms with Crippen LogP contribution in [0.3, 0.4) is 0 Å². The predicted molar refractivity (Wildman–Crippen MR) is 99.4 cm³/mol. The molecule has 0 aromatic heterocycles. The van der Waals surface area contributed by atoms with Crippen molar-refractivity contribution in [2.45, 2.75) is 0 Å². The van der Waals surface area contributed by atoms with E-state index in [0.29, 0.717) is 11.3 Å². The molecule has 0 atom stereocenters. The van der Waals surface area contributed by atoms with Crippen molar-refractivity contribution >= 4 is 34.3 Å². The molecule has 0 bridgehead atoms. The first-order chi connectivity index (χ1) is 11.6. The van der Waals surface area contributed by atoms with Crippen LogP contribution in [0, 0.1) is 0 Å². The highest BCUT2D eigenvalue weighted by molar-refractivity contribution is 6.04. The van der Waals surface area contributed by atoms with Crippen LogP contribution in [0.1, 0.15) is 10.4 Å². The Morgan fingerprint density at radius 3 is 1.58 bits per heavy atom. The van der Waals surface area contributed by atoms with Gasteiger partial charge in [0.05, 0.1) is 0 Å². The SMILES string of the molecule is Nc1ccc(Nc2ccc(NC(=O)c3ccc(N)cc3)cc2)cc1. The van der Waals surface area contributed by atoms with Crippen LogP contribution in [-0.4, -0.2) is 5.91 Å². The molecule has 0 saturated carbocycles. The van der Waals surface area contributed by atoms with Crippen molar-refractivity contribution in [3.8, 4) is 0 Å². The maximum absolute atomic E-state index is 12.2. The third-order valence-corrected chi connectivity index (χ3v) is 3.51. The summed E-state index contributed by atoms with van der Waals surface area (Å²) in [5.41, 5.74) is 15.8. The van der Waals surface area contributed by atoms with Gasteiger partial charge in [0.2, 0.25) is 0 Å². The molecule has 5 heteroatoms. The molecule has 0 aliphatic rings. The number of benzene rings is 3. The molecule has 0 unspecified atom stereocenters. The van der Waals surface area contributed by atoms with Crippen molar-refractivity contribution in [2.24, 2.45) is 0 Å². The Bertz CT molecular complexity index is 825. The van der Waals surface area contributed by atoms with Gasteiger partial charge in [0.25, 0.3) is 5.91 Å². The van der Waals surface area contributed by atoms with Crippen LogP contribution in [0.5, 0.6) is 0 Å². The van der Waals surface area contributed by atoms with Crippen LogP contribution in [0.2, 0.25) is 0 Å². The first-order valence-electron chi connectivity index (χ1n) is 7.50. The normalized spacial score (nSPS) is 10.2. The van der Waals surface area contributed by atoms with E-state index in [9.17, 15) is 4.79 Å². The van der Waals surface area contributed by atoms with Crippen molar-refractivity contribution < 1.29 is 4.79 Å². The molecule has 1 amide bonds. The first kappa shape index (κ1) is 15.4. The van der Waals surface area contributed by atoms with Gasteiger partial charge < -0.3 is 22.1 Å². The maximum Gasteiger partial charge on any atom is 0.255 e. The molecule has 24 heavy (non-hydrogen) atoms. The summed E-state index contributed by atoms with van der Waals surface area (Å²) >= 11 is 0. The molecule has 0 aliphatic carbocycles. The lowest BCUT2D eigenvalue weighted by Crippen LogP contribution is -2.11. The highest BCUT2D eigenvalue weighted by Crippen LogP contribution is 2.20. The van der Waals surface area contributed by atoms with E-state index >= 15 is 0 Å². The second-order valence-electron chi connectivity index (χ2n) is 5.40. The van der Waals surface area contributed by atoms with Crippen molar-refractivity contribution in [3.05, 3.63) is 78.4 Å². The van der Waals surface area contributed by atoms with Gasteiger partial charge in [-0.15, -0.1) is 0 Å². The van der Waals surface area contributed by atoms with Gasteiger partial charge >= 0.3 is 0 Å². The van der Waals surface area contributed by atoms with E-state index in [2.05, 4.69) is 10.6 Å². The van der Waals surface area contributed by atoms with Gasteiger partial charge in [0, 0.05) is 34.0 Å². The van der Waals surface area contributed by atoms with E-state index in [4.69, 9.17) is 11.5 Å². The topological polar surface area (TPSA) is 93.2 Å². The van der Waals surface area contributed by atoms with Gasteiger partial charge in [-0.1, -0.05) is 0 Å². The number of nitrogen functional groups attached to an aromatic ring is 2. The zero-order chi connectivity index (χ0) is 16.9. The first-order valence-corrected chi connectivity index (χ1v) is 7.50. The monoisotopic (exact) mass is 318 g/mol. The standard InChI is InChI=1S/C19H18N4O/c20-14-3-1-13(2-4-14)19(24)23-18-11-9-17(10-12-18)22-16-7-5-15(21)6-8-16/h1-12,22H,20-21H2,(H,23,24). The molecular formula is C19H18N4O. The van der Waals surface area contributed by atoms with Gasteiger partial charge in [-0.25, -0.2) is 0 Å². The minimum atomic E-state index is -0.172. The molecule has 3 aromatic rings. The molecule has 0 saturated heterocycles. The van der Waals surface area contributed by atoms with E-state index in [1.165, 1.54) is 0 Å². The molecule has 0 spiro atoms. The summed E-state index contributed by atoms with van der Waals surface area (Å²) in [7, 11) is 0. The fourth-order valence-electron chi connectivity index (χ4n) is 2.21. The van der Waals surface area contributed by atoms with Gasteiger partial charge in [-0.3, -0.25) is 4.79 Å². The molecule has 120 valence electrons. The Morgan fingerprint density at radius 1 is 0.625 bits per heavy atom. The summed E-state index contributed by atoms with van der Waals surface area (Å²) < 4.78 is 0. The molecule has 3 rings (SSSR count). The average Bonchev–Trinajstić information content (AvgIpc) is 2.59. The second-order valence-corrected chi connectivity index (χ2v) is 5.40. The second kappa shape index (κ2) is 6.75. The minimum Gasteiger partial charge on any atom is -0.399 e. The highest BCUT2D eigenvalue weighted by Gasteiger charge is 2.05. The van der Waals surface area contributed by atoms with Gasteiger partial charge in [-0.2, -0.15) is 0 Å². The highest BCUT2D eigenvalue weighted by atomic mass is 16.1. The summed E-state index contributed by atoms with van der Waals surface area (Å²) in [6, 6.07) is 21.8. The van der Waals surface area contributed by atoms with Crippen LogP contribution >= 0.6 is 0 Å². The Hall–Kier alpha value is -3.47. The molecule has 6 N–H and O–H groups in total. The lowest BCUT2D eigenvalue weighted by Gasteiger charge is -2.09. The Balaban J connectivity index is 1.64. The van der Waals surface area contributed by atoms with Gasteiger partial charge in [0.15, 0.2) is 0 Å². The lowest BCUT2D eigenvalue weighted by molar-refractivity contribution is 0.102. The van der Waals surface area contributed by atoms with Crippen molar-refractivity contribution in [3.63, 3.8) is 0 Å². The molecule has 0 aliphatic heterocycles. The van der Waals surface area contributed by atoms with E-state index in [-0.39, 0.29) is 5.91 Å². The molecule has 0 fully saturated rings. The molecule has 0 radical (unpaired) electrons. The number of rotatable bonds is 4. The van der Waals surface area contributed by atoms with E-state index in [1.54, 1.807) is 24.3 Å². The van der Waals surface area contributed by atoms with E-state index < -0.39 is 0 Å². The number of hydrogen-bond acceptors (Lipinski definition) is 4. The van der Waals surface area contributed by atoms with Crippen LogP contribution in [-0.2, 0) is 0 Å². The Labute approximate surface area is 140 Å². The fourth-order valence-corrected chi connectivity index (χ4v) is 2.21. The summed E-state index contributed by atoms with van der Waals surface area (Å²) in [4.78, 5) is 12.2. The number of hydrogen-bond donors (Lipinski definition) is 4. The minimum absolute atomic E-state index is 0.172. The summed E-state index contributed by atoms with van der Waals surface area (Å²) in [6.45, 7) is 0. The molecule has 0 heterocycles. The Kier molecular flexibility index (Phi) is 4.34. The zero-order valence-corrected chi connectivity index (χ0v) is 13.0. The van der Waals surface area contributed by atoms with Gasteiger partial charge in [0.1, 0.15) is 0 Å². The summed E-state index contributed by atoms with van der Waals surface area (Å²) in [5.74, 6) is -0.172. The smallest absolute Gasteiger partial charge is 0.255 e. The number of nitrogens with one attached hydrogen (secondary N) is 2. The summed E-state index contributed by atoms with van der Waals surface area (Å²) in [5, 5.41) is 6.12. The maximum atomic E-state index is 12.2. The van der Waals surface area contributed by atoms with E-state index in [1.807, 2.05) is 48.5 Å². The number of carbonyl (C=O) groups is 1. The van der Waals surface area contributed by atoms with E-state index in [0.717, 1.165) is 22.7 Å². The zero-order valence-electron chi connectivity index (χ0n) is 13.0. The quantitative estimate of drug-likeness (QED) is 0.550. The van der Waals surface area contributed by atoms with Gasteiger partial charge in [-0.05, 0) is 72.8 Å². The third-order valence-electron chi connectivity index (χ3n) is 3.51. The average molecular weight is 318 g/mol. The molecule has 5 nitrogen and oxygen atoms in total. The van der Waals surface area contributed by atoms with Crippen molar-refractivity contribution in [1.29, 1.82) is 0 Å². The van der Waals surface area contributed by atoms with Crippen LogP contribution in [0.15, 0.2) is 72.8 Å². The third kappa shape index (κ3) is 3.84.